The Morgan fingerprint density at radius 3 is 2.65 bits per heavy atom. The van der Waals surface area contributed by atoms with Gasteiger partial charge in [-0.25, -0.2) is 14.1 Å². The van der Waals surface area contributed by atoms with Crippen LogP contribution < -0.4 is 0 Å². The van der Waals surface area contributed by atoms with Crippen LogP contribution in [0, 0.1) is 5.82 Å². The van der Waals surface area contributed by atoms with E-state index in [1.807, 2.05) is 12.1 Å². The summed E-state index contributed by atoms with van der Waals surface area (Å²) < 4.78 is 14.9. The van der Waals surface area contributed by atoms with Crippen molar-refractivity contribution >= 4 is 11.7 Å². The van der Waals surface area contributed by atoms with Crippen LogP contribution in [0.2, 0.25) is 0 Å². The second kappa shape index (κ2) is 5.31. The van der Waals surface area contributed by atoms with Gasteiger partial charge in [-0.05, 0) is 29.8 Å². The van der Waals surface area contributed by atoms with E-state index in [-0.39, 0.29) is 17.6 Å². The maximum atomic E-state index is 13.2. The van der Waals surface area contributed by atoms with Gasteiger partial charge >= 0.3 is 0 Å². The maximum absolute atomic E-state index is 13.2. The standard InChI is InChI=1S/C17H13FN4O/c18-12-7-5-11(6-8-12)15-9-14(13-3-1-2-4-16(13)23)21-17-19-10-20-22(15)17/h1-8,10,15,23H,9H2/t15-/m1/s1. The molecule has 0 bridgehead atoms. The summed E-state index contributed by atoms with van der Waals surface area (Å²) in [6.45, 7) is 0. The van der Waals surface area contributed by atoms with Crippen LogP contribution in [-0.2, 0) is 0 Å². The van der Waals surface area contributed by atoms with Crippen LogP contribution in [0.1, 0.15) is 23.6 Å². The molecule has 0 aliphatic carbocycles. The van der Waals surface area contributed by atoms with Crippen LogP contribution in [0.3, 0.4) is 0 Å². The molecular formula is C17H13FN4O. The van der Waals surface area contributed by atoms with Crippen molar-refractivity contribution in [3.63, 3.8) is 0 Å². The van der Waals surface area contributed by atoms with E-state index in [9.17, 15) is 9.50 Å². The molecule has 5 nitrogen and oxygen atoms in total. The molecule has 1 aliphatic rings. The van der Waals surface area contributed by atoms with Crippen LogP contribution in [0.5, 0.6) is 5.75 Å². The summed E-state index contributed by atoms with van der Waals surface area (Å²) in [6, 6.07) is 13.3. The molecule has 1 atom stereocenters. The highest BCUT2D eigenvalue weighted by Gasteiger charge is 2.27. The summed E-state index contributed by atoms with van der Waals surface area (Å²) in [5.74, 6) is 0.374. The number of benzene rings is 2. The van der Waals surface area contributed by atoms with Gasteiger partial charge in [0.2, 0.25) is 5.95 Å². The Morgan fingerprint density at radius 1 is 1.09 bits per heavy atom. The van der Waals surface area contributed by atoms with Crippen molar-refractivity contribution in [2.45, 2.75) is 12.5 Å². The topological polar surface area (TPSA) is 63.3 Å². The van der Waals surface area contributed by atoms with Gasteiger partial charge in [-0.3, -0.25) is 0 Å². The molecule has 0 saturated carbocycles. The van der Waals surface area contributed by atoms with Crippen LogP contribution in [-0.4, -0.2) is 25.6 Å². The molecule has 0 radical (unpaired) electrons. The summed E-state index contributed by atoms with van der Waals surface area (Å²) in [5, 5.41) is 14.3. The number of fused-ring (bicyclic) bond motifs is 1. The first-order valence-corrected chi connectivity index (χ1v) is 7.23. The molecule has 2 heterocycles. The van der Waals surface area contributed by atoms with Gasteiger partial charge in [0.1, 0.15) is 17.9 Å². The Labute approximate surface area is 131 Å². The fourth-order valence-electron chi connectivity index (χ4n) is 2.81. The van der Waals surface area contributed by atoms with Crippen LogP contribution >= 0.6 is 0 Å². The normalized spacial score (nSPS) is 16.7. The van der Waals surface area contributed by atoms with E-state index in [0.717, 1.165) is 11.3 Å². The van der Waals surface area contributed by atoms with E-state index >= 15 is 0 Å². The molecule has 0 unspecified atom stereocenters. The van der Waals surface area contributed by atoms with E-state index in [4.69, 9.17) is 0 Å². The van der Waals surface area contributed by atoms with Gasteiger partial charge in [-0.2, -0.15) is 10.1 Å². The molecule has 0 fully saturated rings. The third-order valence-electron chi connectivity index (χ3n) is 3.94. The predicted molar refractivity (Wildman–Crippen MR) is 83.5 cm³/mol. The van der Waals surface area contributed by atoms with E-state index < -0.39 is 0 Å². The van der Waals surface area contributed by atoms with Gasteiger partial charge in [0, 0.05) is 12.0 Å². The van der Waals surface area contributed by atoms with Crippen molar-refractivity contribution < 1.29 is 9.50 Å². The fraction of sp³-hybridized carbons (Fsp3) is 0.118. The number of phenols is 1. The van der Waals surface area contributed by atoms with Crippen LogP contribution in [0.4, 0.5) is 10.3 Å². The first-order valence-electron chi connectivity index (χ1n) is 7.23. The lowest BCUT2D eigenvalue weighted by Gasteiger charge is -2.24. The third kappa shape index (κ3) is 2.38. The molecule has 1 aliphatic heterocycles. The summed E-state index contributed by atoms with van der Waals surface area (Å²) >= 11 is 0. The first kappa shape index (κ1) is 13.6. The molecule has 23 heavy (non-hydrogen) atoms. The highest BCUT2D eigenvalue weighted by Crippen LogP contribution is 2.33. The molecule has 0 spiro atoms. The number of rotatable bonds is 2. The van der Waals surface area contributed by atoms with E-state index in [2.05, 4.69) is 15.1 Å². The van der Waals surface area contributed by atoms with Gasteiger partial charge < -0.3 is 5.11 Å². The van der Waals surface area contributed by atoms with E-state index in [1.54, 1.807) is 28.9 Å². The van der Waals surface area contributed by atoms with Crippen molar-refractivity contribution in [1.82, 2.24) is 14.8 Å². The van der Waals surface area contributed by atoms with Crippen LogP contribution in [0.25, 0.3) is 0 Å². The number of aromatic hydroxyl groups is 1. The Morgan fingerprint density at radius 2 is 1.87 bits per heavy atom. The Kier molecular flexibility index (Phi) is 3.15. The lowest BCUT2D eigenvalue weighted by Crippen LogP contribution is -2.21. The SMILES string of the molecule is Oc1ccccc1C1=Nc2ncnn2[C@@H](c2ccc(F)cc2)C1. The van der Waals surface area contributed by atoms with Crippen molar-refractivity contribution in [2.24, 2.45) is 4.99 Å². The molecule has 4 rings (SSSR count). The number of halogens is 1. The number of phenolic OH excluding ortho intramolecular Hbond substituents is 1. The Hall–Kier alpha value is -3.02. The van der Waals surface area contributed by atoms with Crippen LogP contribution in [0.15, 0.2) is 59.9 Å². The van der Waals surface area contributed by atoms with Crippen molar-refractivity contribution in [3.05, 3.63) is 71.8 Å². The third-order valence-corrected chi connectivity index (χ3v) is 3.94. The van der Waals surface area contributed by atoms with Gasteiger partial charge in [-0.1, -0.05) is 24.3 Å². The molecule has 2 aromatic carbocycles. The van der Waals surface area contributed by atoms with Gasteiger partial charge in [0.25, 0.3) is 0 Å². The maximum Gasteiger partial charge on any atom is 0.248 e. The van der Waals surface area contributed by atoms with Crippen molar-refractivity contribution in [3.8, 4) is 5.75 Å². The fourth-order valence-corrected chi connectivity index (χ4v) is 2.81. The Bertz CT molecular complexity index is 886. The lowest BCUT2D eigenvalue weighted by atomic mass is 9.95. The molecule has 3 aromatic rings. The van der Waals surface area contributed by atoms with E-state index in [0.29, 0.717) is 17.9 Å². The molecule has 0 amide bonds. The minimum Gasteiger partial charge on any atom is -0.507 e. The van der Waals surface area contributed by atoms with Crippen molar-refractivity contribution in [2.75, 3.05) is 0 Å². The average Bonchev–Trinajstić information content (AvgIpc) is 3.04. The molecule has 1 N–H and O–H groups in total. The molecule has 0 saturated heterocycles. The minimum atomic E-state index is -0.280. The molecule has 6 heteroatoms. The second-order valence-corrected chi connectivity index (χ2v) is 5.35. The summed E-state index contributed by atoms with van der Waals surface area (Å²) in [4.78, 5) is 8.67. The van der Waals surface area contributed by atoms with Gasteiger partial charge in [0.15, 0.2) is 0 Å². The Balaban J connectivity index is 1.81. The highest BCUT2D eigenvalue weighted by atomic mass is 19.1. The van der Waals surface area contributed by atoms with Crippen molar-refractivity contribution in [1.29, 1.82) is 0 Å². The first-order chi connectivity index (χ1) is 11.2. The second-order valence-electron chi connectivity index (χ2n) is 5.35. The minimum absolute atomic E-state index is 0.139. The number of aromatic nitrogens is 3. The number of para-hydroxylation sites is 1. The lowest BCUT2D eigenvalue weighted by molar-refractivity contribution is 0.472. The van der Waals surface area contributed by atoms with Gasteiger partial charge in [0.05, 0.1) is 11.8 Å². The van der Waals surface area contributed by atoms with E-state index in [1.165, 1.54) is 18.5 Å². The zero-order valence-corrected chi connectivity index (χ0v) is 12.1. The zero-order valence-electron chi connectivity index (χ0n) is 12.1. The summed E-state index contributed by atoms with van der Waals surface area (Å²) in [5.41, 5.74) is 2.33. The molecule has 114 valence electrons. The summed E-state index contributed by atoms with van der Waals surface area (Å²) in [6.07, 6.45) is 1.99. The average molecular weight is 308 g/mol. The molecular weight excluding hydrogens is 295 g/mol. The zero-order chi connectivity index (χ0) is 15.8. The quantitative estimate of drug-likeness (QED) is 0.790. The number of nitrogens with zero attached hydrogens (tertiary/aromatic N) is 4. The smallest absolute Gasteiger partial charge is 0.248 e. The predicted octanol–water partition coefficient (Wildman–Crippen LogP) is 3.24. The number of hydrogen-bond acceptors (Lipinski definition) is 4. The monoisotopic (exact) mass is 308 g/mol. The highest BCUT2D eigenvalue weighted by molar-refractivity contribution is 6.04. The number of hydrogen-bond donors (Lipinski definition) is 1. The van der Waals surface area contributed by atoms with Gasteiger partial charge in [-0.15, -0.1) is 0 Å². The largest absolute Gasteiger partial charge is 0.507 e. The number of aliphatic imine (C=N–C) groups is 1. The summed E-state index contributed by atoms with van der Waals surface area (Å²) in [7, 11) is 0. The molecule has 1 aromatic heterocycles.